The third-order valence-electron chi connectivity index (χ3n) is 5.16. The van der Waals surface area contributed by atoms with Gasteiger partial charge >= 0.3 is 0 Å². The molecule has 0 aliphatic carbocycles. The molecule has 0 saturated carbocycles. The number of halogens is 1. The quantitative estimate of drug-likeness (QED) is 0.850. The zero-order valence-corrected chi connectivity index (χ0v) is 14.0. The van der Waals surface area contributed by atoms with Crippen LogP contribution in [0.5, 0.6) is 0 Å². The highest BCUT2D eigenvalue weighted by Crippen LogP contribution is 2.22. The van der Waals surface area contributed by atoms with E-state index in [1.165, 1.54) is 12.1 Å². The van der Waals surface area contributed by atoms with Crippen LogP contribution in [0.1, 0.15) is 37.7 Å². The van der Waals surface area contributed by atoms with Gasteiger partial charge < -0.3 is 9.80 Å². The monoisotopic (exact) mass is 332 g/mol. The first-order valence-electron chi connectivity index (χ1n) is 8.94. The summed E-state index contributed by atoms with van der Waals surface area (Å²) >= 11 is 0. The fourth-order valence-electron chi connectivity index (χ4n) is 3.63. The van der Waals surface area contributed by atoms with Crippen LogP contribution in [0, 0.1) is 11.7 Å². The summed E-state index contributed by atoms with van der Waals surface area (Å²) in [5, 5.41) is 0. The third kappa shape index (κ3) is 4.13. The molecule has 1 aromatic carbocycles. The summed E-state index contributed by atoms with van der Waals surface area (Å²) in [6.07, 6.45) is 4.86. The predicted molar refractivity (Wildman–Crippen MR) is 89.8 cm³/mol. The maximum atomic E-state index is 12.9. The maximum absolute atomic E-state index is 12.9. The van der Waals surface area contributed by atoms with E-state index in [2.05, 4.69) is 0 Å². The Morgan fingerprint density at radius 3 is 2.21 bits per heavy atom. The molecular weight excluding hydrogens is 307 g/mol. The molecule has 0 N–H and O–H groups in total. The summed E-state index contributed by atoms with van der Waals surface area (Å²) < 4.78 is 12.9. The molecule has 24 heavy (non-hydrogen) atoms. The lowest BCUT2D eigenvalue weighted by molar-refractivity contribution is -0.140. The smallest absolute Gasteiger partial charge is 0.225 e. The summed E-state index contributed by atoms with van der Waals surface area (Å²) in [5.74, 6) is 0.247. The molecule has 2 fully saturated rings. The van der Waals surface area contributed by atoms with Gasteiger partial charge in [0.1, 0.15) is 5.82 Å². The molecule has 2 amide bonds. The van der Waals surface area contributed by atoms with Gasteiger partial charge in [-0.15, -0.1) is 0 Å². The summed E-state index contributed by atoms with van der Waals surface area (Å²) in [4.78, 5) is 28.6. The average molecular weight is 332 g/mol. The zero-order valence-electron chi connectivity index (χ0n) is 14.0. The van der Waals surface area contributed by atoms with Crippen molar-refractivity contribution < 1.29 is 14.0 Å². The Morgan fingerprint density at radius 1 is 0.958 bits per heavy atom. The summed E-state index contributed by atoms with van der Waals surface area (Å²) in [6, 6.07) is 6.30. The standard InChI is InChI=1S/C19H25FN2O2/c20-17-6-3-15(4-7-17)5-8-18(23)21-13-9-16(10-14-21)19(24)22-11-1-2-12-22/h3-4,6-7,16H,1-2,5,8-14H2. The Morgan fingerprint density at radius 2 is 1.58 bits per heavy atom. The van der Waals surface area contributed by atoms with Crippen LogP contribution in [-0.2, 0) is 16.0 Å². The third-order valence-corrected chi connectivity index (χ3v) is 5.16. The van der Waals surface area contributed by atoms with E-state index in [1.807, 2.05) is 9.80 Å². The van der Waals surface area contributed by atoms with Crippen LogP contribution in [0.2, 0.25) is 0 Å². The van der Waals surface area contributed by atoms with E-state index in [1.54, 1.807) is 12.1 Å². The van der Waals surface area contributed by atoms with Crippen LogP contribution < -0.4 is 0 Å². The summed E-state index contributed by atoms with van der Waals surface area (Å²) in [6.45, 7) is 3.14. The van der Waals surface area contributed by atoms with Gasteiger partial charge in [-0.25, -0.2) is 4.39 Å². The number of likely N-dealkylation sites (tertiary alicyclic amines) is 2. The highest BCUT2D eigenvalue weighted by molar-refractivity contribution is 5.80. The van der Waals surface area contributed by atoms with Gasteiger partial charge in [-0.05, 0) is 49.8 Å². The number of benzene rings is 1. The Bertz CT molecular complexity index is 574. The van der Waals surface area contributed by atoms with Crippen LogP contribution >= 0.6 is 0 Å². The fraction of sp³-hybridized carbons (Fsp3) is 0.579. The lowest BCUT2D eigenvalue weighted by atomic mass is 9.95. The number of rotatable bonds is 4. The van der Waals surface area contributed by atoms with E-state index < -0.39 is 0 Å². The SMILES string of the molecule is O=C(CCc1ccc(F)cc1)N1CCC(C(=O)N2CCCC2)CC1. The average Bonchev–Trinajstić information content (AvgIpc) is 3.15. The minimum atomic E-state index is -0.255. The second-order valence-corrected chi connectivity index (χ2v) is 6.81. The summed E-state index contributed by atoms with van der Waals surface area (Å²) in [5.41, 5.74) is 0.976. The van der Waals surface area contributed by atoms with Crippen molar-refractivity contribution >= 4 is 11.8 Å². The number of carbonyl (C=O) groups is 2. The molecule has 2 heterocycles. The molecular formula is C19H25FN2O2. The van der Waals surface area contributed by atoms with Crippen LogP contribution in [0.25, 0.3) is 0 Å². The Kier molecular flexibility index (Phi) is 5.48. The lowest BCUT2D eigenvalue weighted by Gasteiger charge is -2.33. The van der Waals surface area contributed by atoms with Gasteiger partial charge in [-0.3, -0.25) is 9.59 Å². The van der Waals surface area contributed by atoms with Gasteiger partial charge in [0.2, 0.25) is 11.8 Å². The first kappa shape index (κ1) is 16.9. The van der Waals surface area contributed by atoms with Gasteiger partial charge in [-0.1, -0.05) is 12.1 Å². The molecule has 5 heteroatoms. The van der Waals surface area contributed by atoms with E-state index in [4.69, 9.17) is 0 Å². The fourth-order valence-corrected chi connectivity index (χ4v) is 3.63. The molecule has 0 aromatic heterocycles. The lowest BCUT2D eigenvalue weighted by Crippen LogP contribution is -2.43. The molecule has 3 rings (SSSR count). The second kappa shape index (κ2) is 7.77. The molecule has 2 saturated heterocycles. The number of carbonyl (C=O) groups excluding carboxylic acids is 2. The molecule has 0 radical (unpaired) electrons. The van der Waals surface area contributed by atoms with Crippen molar-refractivity contribution in [3.8, 4) is 0 Å². The van der Waals surface area contributed by atoms with Gasteiger partial charge in [-0.2, -0.15) is 0 Å². The number of amides is 2. The highest BCUT2D eigenvalue weighted by Gasteiger charge is 2.30. The van der Waals surface area contributed by atoms with E-state index >= 15 is 0 Å². The van der Waals surface area contributed by atoms with Crippen LogP contribution in [0.4, 0.5) is 4.39 Å². The van der Waals surface area contributed by atoms with E-state index in [0.29, 0.717) is 25.9 Å². The minimum absolute atomic E-state index is 0.0873. The van der Waals surface area contributed by atoms with Crippen molar-refractivity contribution in [1.29, 1.82) is 0 Å². The van der Waals surface area contributed by atoms with E-state index in [-0.39, 0.29) is 23.5 Å². The van der Waals surface area contributed by atoms with Crippen molar-refractivity contribution in [3.05, 3.63) is 35.6 Å². The number of piperidine rings is 1. The van der Waals surface area contributed by atoms with Gasteiger partial charge in [0.15, 0.2) is 0 Å². The maximum Gasteiger partial charge on any atom is 0.225 e. The molecule has 0 spiro atoms. The van der Waals surface area contributed by atoms with Crippen molar-refractivity contribution in [3.63, 3.8) is 0 Å². The molecule has 2 aliphatic heterocycles. The number of nitrogens with zero attached hydrogens (tertiary/aromatic N) is 2. The largest absolute Gasteiger partial charge is 0.343 e. The molecule has 0 unspecified atom stereocenters. The van der Waals surface area contributed by atoms with Crippen LogP contribution in [-0.4, -0.2) is 47.8 Å². The first-order chi connectivity index (χ1) is 11.6. The van der Waals surface area contributed by atoms with Gasteiger partial charge in [0.05, 0.1) is 0 Å². The molecule has 4 nitrogen and oxygen atoms in total. The normalized spacial score (nSPS) is 18.9. The van der Waals surface area contributed by atoms with E-state index in [9.17, 15) is 14.0 Å². The molecule has 130 valence electrons. The molecule has 0 atom stereocenters. The molecule has 0 bridgehead atoms. The Balaban J connectivity index is 1.43. The van der Waals surface area contributed by atoms with Crippen molar-refractivity contribution in [2.45, 2.75) is 38.5 Å². The minimum Gasteiger partial charge on any atom is -0.343 e. The van der Waals surface area contributed by atoms with Gasteiger partial charge in [0.25, 0.3) is 0 Å². The predicted octanol–water partition coefficient (Wildman–Crippen LogP) is 2.62. The van der Waals surface area contributed by atoms with Crippen LogP contribution in [0.3, 0.4) is 0 Å². The van der Waals surface area contributed by atoms with Gasteiger partial charge in [0, 0.05) is 38.5 Å². The molecule has 1 aromatic rings. The number of hydrogen-bond acceptors (Lipinski definition) is 2. The van der Waals surface area contributed by atoms with Crippen molar-refractivity contribution in [2.75, 3.05) is 26.2 Å². The Labute approximate surface area is 142 Å². The van der Waals surface area contributed by atoms with E-state index in [0.717, 1.165) is 44.3 Å². The van der Waals surface area contributed by atoms with Crippen LogP contribution in [0.15, 0.2) is 24.3 Å². The second-order valence-electron chi connectivity index (χ2n) is 6.81. The summed E-state index contributed by atoms with van der Waals surface area (Å²) in [7, 11) is 0. The van der Waals surface area contributed by atoms with Crippen molar-refractivity contribution in [2.24, 2.45) is 5.92 Å². The Hall–Kier alpha value is -1.91. The zero-order chi connectivity index (χ0) is 16.9. The highest BCUT2D eigenvalue weighted by atomic mass is 19.1. The number of aryl methyl sites for hydroxylation is 1. The topological polar surface area (TPSA) is 40.6 Å². The first-order valence-corrected chi connectivity index (χ1v) is 8.94. The number of hydrogen-bond donors (Lipinski definition) is 0. The van der Waals surface area contributed by atoms with Crippen molar-refractivity contribution in [1.82, 2.24) is 9.80 Å². The molecule has 2 aliphatic rings.